The van der Waals surface area contributed by atoms with Crippen LogP contribution in [0.1, 0.15) is 24.8 Å². The molecule has 2 fully saturated rings. The van der Waals surface area contributed by atoms with E-state index in [2.05, 4.69) is 0 Å². The van der Waals surface area contributed by atoms with Gasteiger partial charge in [0.2, 0.25) is 0 Å². The summed E-state index contributed by atoms with van der Waals surface area (Å²) in [5.41, 5.74) is 0.367. The number of halogens is 2. The number of ether oxygens (including phenoxy) is 1. The smallest absolute Gasteiger partial charge is 0.129 e. The maximum Gasteiger partial charge on any atom is 0.129 e. The Bertz CT molecular complexity index is 449. The number of fused-ring (bicyclic) bond motifs is 2. The molecule has 2 aliphatic heterocycles. The molecular formula is C14H16F2O2. The van der Waals surface area contributed by atoms with Crippen molar-refractivity contribution < 1.29 is 18.6 Å². The average molecular weight is 254 g/mol. The van der Waals surface area contributed by atoms with Gasteiger partial charge in [-0.3, -0.25) is 0 Å². The first kappa shape index (κ1) is 12.1. The van der Waals surface area contributed by atoms with Crippen molar-refractivity contribution in [3.8, 4) is 0 Å². The quantitative estimate of drug-likeness (QED) is 0.897. The first-order valence-corrected chi connectivity index (χ1v) is 6.41. The molecule has 4 heteroatoms. The Morgan fingerprint density at radius 3 is 2.78 bits per heavy atom. The zero-order valence-corrected chi connectivity index (χ0v) is 9.98. The molecule has 98 valence electrons. The van der Waals surface area contributed by atoms with Gasteiger partial charge in [0.15, 0.2) is 0 Å². The van der Waals surface area contributed by atoms with Gasteiger partial charge in [0, 0.05) is 18.4 Å². The Kier molecular flexibility index (Phi) is 3.08. The van der Waals surface area contributed by atoms with Crippen LogP contribution < -0.4 is 0 Å². The van der Waals surface area contributed by atoms with Crippen LogP contribution in [0.2, 0.25) is 0 Å². The molecule has 0 spiro atoms. The number of aliphatic hydroxyl groups is 1. The van der Waals surface area contributed by atoms with Gasteiger partial charge < -0.3 is 9.84 Å². The molecule has 1 aromatic rings. The molecule has 2 nitrogen and oxygen atoms in total. The van der Waals surface area contributed by atoms with Crippen LogP contribution in [0.4, 0.5) is 8.78 Å². The zero-order valence-electron chi connectivity index (χ0n) is 9.98. The molecule has 1 aromatic carbocycles. The first-order valence-electron chi connectivity index (χ1n) is 6.41. The second-order valence-corrected chi connectivity index (χ2v) is 5.28. The highest BCUT2D eigenvalue weighted by atomic mass is 19.1. The highest BCUT2D eigenvalue weighted by molar-refractivity contribution is 5.19. The van der Waals surface area contributed by atoms with Crippen LogP contribution in [0.15, 0.2) is 18.2 Å². The third-order valence-electron chi connectivity index (χ3n) is 4.09. The van der Waals surface area contributed by atoms with E-state index in [0.29, 0.717) is 5.56 Å². The summed E-state index contributed by atoms with van der Waals surface area (Å²) in [6.45, 7) is 0. The van der Waals surface area contributed by atoms with Crippen molar-refractivity contribution in [1.82, 2.24) is 0 Å². The zero-order chi connectivity index (χ0) is 12.7. The molecule has 4 atom stereocenters. The Morgan fingerprint density at radius 1 is 1.33 bits per heavy atom. The third kappa shape index (κ3) is 2.15. The Labute approximate surface area is 105 Å². The summed E-state index contributed by atoms with van der Waals surface area (Å²) < 4.78 is 32.0. The Hall–Kier alpha value is -1.00. The summed E-state index contributed by atoms with van der Waals surface area (Å²) in [6, 6.07) is 3.49. The fourth-order valence-corrected chi connectivity index (χ4v) is 3.15. The van der Waals surface area contributed by atoms with E-state index in [0.717, 1.165) is 25.3 Å². The van der Waals surface area contributed by atoms with Gasteiger partial charge in [0.25, 0.3) is 0 Å². The summed E-state index contributed by atoms with van der Waals surface area (Å²) in [5, 5.41) is 10.2. The molecule has 0 aliphatic carbocycles. The van der Waals surface area contributed by atoms with Crippen molar-refractivity contribution in [1.29, 1.82) is 0 Å². The van der Waals surface area contributed by atoms with Crippen LogP contribution in [0.3, 0.4) is 0 Å². The lowest BCUT2D eigenvalue weighted by atomic mass is 9.83. The van der Waals surface area contributed by atoms with Crippen molar-refractivity contribution in [2.75, 3.05) is 0 Å². The number of hydrogen-bond donors (Lipinski definition) is 1. The van der Waals surface area contributed by atoms with E-state index < -0.39 is 17.7 Å². The lowest BCUT2D eigenvalue weighted by Gasteiger charge is -2.24. The molecule has 3 rings (SSSR count). The topological polar surface area (TPSA) is 29.5 Å². The largest absolute Gasteiger partial charge is 0.392 e. The summed E-state index contributed by atoms with van der Waals surface area (Å²) in [7, 11) is 0. The number of rotatable bonds is 3. The highest BCUT2D eigenvalue weighted by Crippen LogP contribution is 2.41. The Balaban J connectivity index is 1.69. The fraction of sp³-hybridized carbons (Fsp3) is 0.571. The van der Waals surface area contributed by atoms with Crippen LogP contribution in [-0.4, -0.2) is 23.4 Å². The molecule has 2 saturated heterocycles. The van der Waals surface area contributed by atoms with Crippen LogP contribution in [0.5, 0.6) is 0 Å². The van der Waals surface area contributed by atoms with Crippen molar-refractivity contribution in [3.63, 3.8) is 0 Å². The lowest BCUT2D eigenvalue weighted by Crippen LogP contribution is -2.31. The van der Waals surface area contributed by atoms with Crippen LogP contribution in [-0.2, 0) is 11.2 Å². The van der Waals surface area contributed by atoms with Gasteiger partial charge in [0.05, 0.1) is 18.3 Å². The minimum atomic E-state index is -0.611. The first-order chi connectivity index (χ1) is 8.63. The number of hydrogen-bond acceptors (Lipinski definition) is 2. The van der Waals surface area contributed by atoms with Gasteiger partial charge in [-0.25, -0.2) is 8.78 Å². The molecule has 18 heavy (non-hydrogen) atoms. The van der Waals surface area contributed by atoms with Crippen LogP contribution in [0.25, 0.3) is 0 Å². The van der Waals surface area contributed by atoms with E-state index in [4.69, 9.17) is 4.74 Å². The van der Waals surface area contributed by atoms with E-state index in [1.54, 1.807) is 0 Å². The van der Waals surface area contributed by atoms with Crippen molar-refractivity contribution in [2.45, 2.75) is 44.0 Å². The van der Waals surface area contributed by atoms with Gasteiger partial charge >= 0.3 is 0 Å². The van der Waals surface area contributed by atoms with E-state index >= 15 is 0 Å². The Morgan fingerprint density at radius 2 is 2.17 bits per heavy atom. The van der Waals surface area contributed by atoms with Crippen LogP contribution >= 0.6 is 0 Å². The standard InChI is InChI=1S/C14H16F2O2/c15-9-2-1-8(12(16)6-9)5-13(17)11-7-10-3-4-14(11)18-10/h1-2,6,10-11,13-14,17H,3-5,7H2. The van der Waals surface area contributed by atoms with E-state index in [1.807, 2.05) is 0 Å². The molecule has 4 unspecified atom stereocenters. The normalized spacial score (nSPS) is 31.8. The molecule has 0 amide bonds. The van der Waals surface area contributed by atoms with Gasteiger partial charge in [-0.1, -0.05) is 6.07 Å². The summed E-state index contributed by atoms with van der Waals surface area (Å²) in [4.78, 5) is 0. The molecule has 1 N–H and O–H groups in total. The number of aliphatic hydroxyl groups excluding tert-OH is 1. The molecule has 2 bridgehead atoms. The van der Waals surface area contributed by atoms with Crippen molar-refractivity contribution >= 4 is 0 Å². The fourth-order valence-electron chi connectivity index (χ4n) is 3.15. The maximum absolute atomic E-state index is 13.5. The van der Waals surface area contributed by atoms with Gasteiger partial charge in [-0.15, -0.1) is 0 Å². The van der Waals surface area contributed by atoms with Crippen LogP contribution in [0, 0.1) is 17.6 Å². The van der Waals surface area contributed by atoms with E-state index in [9.17, 15) is 13.9 Å². The van der Waals surface area contributed by atoms with E-state index in [1.165, 1.54) is 12.1 Å². The van der Waals surface area contributed by atoms with Crippen molar-refractivity contribution in [3.05, 3.63) is 35.4 Å². The molecule has 2 aliphatic rings. The molecule has 0 aromatic heterocycles. The highest BCUT2D eigenvalue weighted by Gasteiger charge is 2.43. The lowest BCUT2D eigenvalue weighted by molar-refractivity contribution is 0.0428. The van der Waals surface area contributed by atoms with Gasteiger partial charge in [-0.05, 0) is 30.9 Å². The predicted molar refractivity (Wildman–Crippen MR) is 62.1 cm³/mol. The minimum absolute atomic E-state index is 0.0909. The predicted octanol–water partition coefficient (Wildman–Crippen LogP) is 2.44. The van der Waals surface area contributed by atoms with Gasteiger partial charge in [-0.2, -0.15) is 0 Å². The average Bonchev–Trinajstić information content (AvgIpc) is 2.94. The maximum atomic E-state index is 13.5. The summed E-state index contributed by atoms with van der Waals surface area (Å²) >= 11 is 0. The van der Waals surface area contributed by atoms with Crippen molar-refractivity contribution in [2.24, 2.45) is 5.92 Å². The monoisotopic (exact) mass is 254 g/mol. The molecule has 0 radical (unpaired) electrons. The number of benzene rings is 1. The van der Waals surface area contributed by atoms with E-state index in [-0.39, 0.29) is 24.5 Å². The SMILES string of the molecule is OC(Cc1ccc(F)cc1F)C1CC2CCC1O2. The summed E-state index contributed by atoms with van der Waals surface area (Å²) in [5.74, 6) is -1.08. The van der Waals surface area contributed by atoms with Gasteiger partial charge in [0.1, 0.15) is 11.6 Å². The molecular weight excluding hydrogens is 238 g/mol. The minimum Gasteiger partial charge on any atom is -0.392 e. The summed E-state index contributed by atoms with van der Waals surface area (Å²) in [6.07, 6.45) is 2.91. The third-order valence-corrected chi connectivity index (χ3v) is 4.09. The molecule has 2 heterocycles. The second kappa shape index (κ2) is 4.59. The second-order valence-electron chi connectivity index (χ2n) is 5.28. The molecule has 0 saturated carbocycles.